The SMILES string of the molecule is CCCC(C)Nc1ccc(Cl)cc1Br. The third kappa shape index (κ3) is 3.50. The average Bonchev–Trinajstić information content (AvgIpc) is 2.10. The number of anilines is 1. The van der Waals surface area contributed by atoms with Gasteiger partial charge in [-0.2, -0.15) is 0 Å². The molecule has 14 heavy (non-hydrogen) atoms. The predicted molar refractivity (Wildman–Crippen MR) is 67.1 cm³/mol. The van der Waals surface area contributed by atoms with E-state index >= 15 is 0 Å². The second-order valence-corrected chi connectivity index (χ2v) is 4.75. The van der Waals surface area contributed by atoms with Gasteiger partial charge in [0.15, 0.2) is 0 Å². The molecule has 0 radical (unpaired) electrons. The minimum absolute atomic E-state index is 0.498. The zero-order chi connectivity index (χ0) is 10.6. The van der Waals surface area contributed by atoms with Crippen molar-refractivity contribution in [2.45, 2.75) is 32.7 Å². The molecule has 1 aromatic rings. The zero-order valence-corrected chi connectivity index (χ0v) is 10.8. The highest BCUT2D eigenvalue weighted by Crippen LogP contribution is 2.26. The van der Waals surface area contributed by atoms with Crippen LogP contribution in [-0.4, -0.2) is 6.04 Å². The quantitative estimate of drug-likeness (QED) is 0.840. The van der Waals surface area contributed by atoms with Crippen molar-refractivity contribution in [1.82, 2.24) is 0 Å². The molecule has 0 amide bonds. The standard InChI is InChI=1S/C11H15BrClN/c1-3-4-8(2)14-11-6-5-9(13)7-10(11)12/h5-8,14H,3-4H2,1-2H3. The van der Waals surface area contributed by atoms with Crippen LogP contribution in [-0.2, 0) is 0 Å². The summed E-state index contributed by atoms with van der Waals surface area (Å²) in [5.74, 6) is 0. The molecule has 0 heterocycles. The van der Waals surface area contributed by atoms with E-state index in [1.54, 1.807) is 0 Å². The van der Waals surface area contributed by atoms with Crippen LogP contribution in [0.4, 0.5) is 5.69 Å². The molecule has 0 saturated heterocycles. The molecule has 1 unspecified atom stereocenters. The lowest BCUT2D eigenvalue weighted by Gasteiger charge is -2.15. The molecule has 1 rings (SSSR count). The zero-order valence-electron chi connectivity index (χ0n) is 8.48. The fourth-order valence-corrected chi connectivity index (χ4v) is 2.17. The lowest BCUT2D eigenvalue weighted by Crippen LogP contribution is -2.14. The van der Waals surface area contributed by atoms with Gasteiger partial charge in [-0.15, -0.1) is 0 Å². The van der Waals surface area contributed by atoms with Crippen molar-refractivity contribution in [3.63, 3.8) is 0 Å². The molecule has 0 aliphatic rings. The summed E-state index contributed by atoms with van der Waals surface area (Å²) in [5, 5.41) is 4.19. The van der Waals surface area contributed by atoms with Gasteiger partial charge in [-0.25, -0.2) is 0 Å². The van der Waals surface area contributed by atoms with Crippen molar-refractivity contribution in [3.8, 4) is 0 Å². The van der Waals surface area contributed by atoms with Gasteiger partial charge >= 0.3 is 0 Å². The first-order valence-corrected chi connectivity index (χ1v) is 6.02. The van der Waals surface area contributed by atoms with Crippen LogP contribution in [0.5, 0.6) is 0 Å². The van der Waals surface area contributed by atoms with Crippen LogP contribution in [0, 0.1) is 0 Å². The van der Waals surface area contributed by atoms with Gasteiger partial charge in [-0.05, 0) is 47.5 Å². The fourth-order valence-electron chi connectivity index (χ4n) is 1.38. The van der Waals surface area contributed by atoms with Gasteiger partial charge in [0, 0.05) is 21.2 Å². The van der Waals surface area contributed by atoms with E-state index in [4.69, 9.17) is 11.6 Å². The summed E-state index contributed by atoms with van der Waals surface area (Å²) in [5.41, 5.74) is 1.11. The van der Waals surface area contributed by atoms with Crippen LogP contribution < -0.4 is 5.32 Å². The van der Waals surface area contributed by atoms with E-state index in [0.717, 1.165) is 15.2 Å². The van der Waals surface area contributed by atoms with E-state index in [0.29, 0.717) is 6.04 Å². The van der Waals surface area contributed by atoms with Gasteiger partial charge in [-0.3, -0.25) is 0 Å². The summed E-state index contributed by atoms with van der Waals surface area (Å²) in [6.07, 6.45) is 2.37. The molecule has 0 aromatic heterocycles. The van der Waals surface area contributed by atoms with Gasteiger partial charge < -0.3 is 5.32 Å². The topological polar surface area (TPSA) is 12.0 Å². The first-order valence-electron chi connectivity index (χ1n) is 4.85. The molecule has 3 heteroatoms. The maximum Gasteiger partial charge on any atom is 0.0487 e. The van der Waals surface area contributed by atoms with Gasteiger partial charge in [0.05, 0.1) is 0 Å². The van der Waals surface area contributed by atoms with Gasteiger partial charge in [0.2, 0.25) is 0 Å². The molecule has 0 spiro atoms. The van der Waals surface area contributed by atoms with Crippen LogP contribution in [0.25, 0.3) is 0 Å². The third-order valence-corrected chi connectivity index (χ3v) is 2.95. The van der Waals surface area contributed by atoms with E-state index in [-0.39, 0.29) is 0 Å². The Bertz CT molecular complexity index is 301. The number of hydrogen-bond acceptors (Lipinski definition) is 1. The Balaban J connectivity index is 2.67. The van der Waals surface area contributed by atoms with E-state index in [1.165, 1.54) is 12.8 Å². The van der Waals surface area contributed by atoms with Crippen molar-refractivity contribution in [2.75, 3.05) is 5.32 Å². The second-order valence-electron chi connectivity index (χ2n) is 3.46. The van der Waals surface area contributed by atoms with Gasteiger partial charge in [0.1, 0.15) is 0 Å². The van der Waals surface area contributed by atoms with Crippen molar-refractivity contribution < 1.29 is 0 Å². The number of hydrogen-bond donors (Lipinski definition) is 1. The fraction of sp³-hybridized carbons (Fsp3) is 0.455. The average molecular weight is 277 g/mol. The molecule has 0 fully saturated rings. The predicted octanol–water partition coefficient (Wildman–Crippen LogP) is 4.70. The summed E-state index contributed by atoms with van der Waals surface area (Å²) in [6, 6.07) is 6.30. The lowest BCUT2D eigenvalue weighted by molar-refractivity contribution is 0.690. The largest absolute Gasteiger partial charge is 0.382 e. The van der Waals surface area contributed by atoms with Crippen LogP contribution >= 0.6 is 27.5 Å². The summed E-state index contributed by atoms with van der Waals surface area (Å²) in [7, 11) is 0. The molecular formula is C11H15BrClN. The Labute approximate surface area is 99.0 Å². The Morgan fingerprint density at radius 3 is 2.79 bits per heavy atom. The van der Waals surface area contributed by atoms with E-state index in [2.05, 4.69) is 35.1 Å². The van der Waals surface area contributed by atoms with Crippen molar-refractivity contribution in [1.29, 1.82) is 0 Å². The smallest absolute Gasteiger partial charge is 0.0487 e. The van der Waals surface area contributed by atoms with Crippen molar-refractivity contribution in [3.05, 3.63) is 27.7 Å². The maximum atomic E-state index is 5.86. The number of nitrogens with one attached hydrogen (secondary N) is 1. The Morgan fingerprint density at radius 2 is 2.21 bits per heavy atom. The van der Waals surface area contributed by atoms with Crippen LogP contribution in [0.2, 0.25) is 5.02 Å². The molecule has 1 nitrogen and oxygen atoms in total. The van der Waals surface area contributed by atoms with E-state index in [1.807, 2.05) is 18.2 Å². The molecule has 1 N–H and O–H groups in total. The second kappa shape index (κ2) is 5.62. The maximum absolute atomic E-state index is 5.86. The molecule has 0 saturated carbocycles. The minimum Gasteiger partial charge on any atom is -0.382 e. The molecule has 0 aliphatic heterocycles. The van der Waals surface area contributed by atoms with Crippen LogP contribution in [0.3, 0.4) is 0 Å². The van der Waals surface area contributed by atoms with Crippen LogP contribution in [0.15, 0.2) is 22.7 Å². The number of rotatable bonds is 4. The summed E-state index contributed by atoms with van der Waals surface area (Å²) >= 11 is 9.34. The highest BCUT2D eigenvalue weighted by Gasteiger charge is 2.04. The summed E-state index contributed by atoms with van der Waals surface area (Å²) in [6.45, 7) is 4.37. The third-order valence-electron chi connectivity index (χ3n) is 2.05. The Hall–Kier alpha value is -0.210. The first kappa shape index (κ1) is 11.9. The molecule has 0 aliphatic carbocycles. The van der Waals surface area contributed by atoms with Crippen LogP contribution in [0.1, 0.15) is 26.7 Å². The number of benzene rings is 1. The normalized spacial score (nSPS) is 12.6. The Morgan fingerprint density at radius 1 is 1.50 bits per heavy atom. The molecule has 1 atom stereocenters. The van der Waals surface area contributed by atoms with E-state index < -0.39 is 0 Å². The molecule has 0 bridgehead atoms. The lowest BCUT2D eigenvalue weighted by atomic mass is 10.2. The minimum atomic E-state index is 0.498. The van der Waals surface area contributed by atoms with E-state index in [9.17, 15) is 0 Å². The summed E-state index contributed by atoms with van der Waals surface area (Å²) in [4.78, 5) is 0. The highest BCUT2D eigenvalue weighted by atomic mass is 79.9. The Kier molecular flexibility index (Phi) is 4.76. The van der Waals surface area contributed by atoms with Gasteiger partial charge in [0.25, 0.3) is 0 Å². The van der Waals surface area contributed by atoms with Gasteiger partial charge in [-0.1, -0.05) is 24.9 Å². The monoisotopic (exact) mass is 275 g/mol. The molecule has 78 valence electrons. The molecular weight excluding hydrogens is 261 g/mol. The molecule has 1 aromatic carbocycles. The van der Waals surface area contributed by atoms with Crippen molar-refractivity contribution in [2.24, 2.45) is 0 Å². The van der Waals surface area contributed by atoms with Crippen molar-refractivity contribution >= 4 is 33.2 Å². The first-order chi connectivity index (χ1) is 6.63. The highest BCUT2D eigenvalue weighted by molar-refractivity contribution is 9.10. The number of halogens is 2. The summed E-state index contributed by atoms with van der Waals surface area (Å²) < 4.78 is 1.02.